The normalized spacial score (nSPS) is 15.7. The standard InChI is InChI=1S/C25H30N2O3.C9H17N.C2H5NO.C2H6.C2H2/c1-17-9-12-19-14-21(23(29-2)15-22(19)27-17)24-16-26-25(30-24)8-6-4-3-5-7-20(28)13-18-10-11-18;1-2-10-7-5-9(3-4-9)6-8-10;1-2(3)4;2*1-2/h9,12,14-16,18H,3-8,10-11,13H2,1-2H3;2-8H2,1H3;1H3,(H2,3,4);1-2H3;1-2H. The predicted octanol–water partition coefficient (Wildman–Crippen LogP) is 8.72. The number of rotatable bonds is 12. The molecule has 264 valence electrons. The van der Waals surface area contributed by atoms with Crippen molar-refractivity contribution in [2.75, 3.05) is 26.7 Å². The molecule has 1 aliphatic heterocycles. The van der Waals surface area contributed by atoms with E-state index in [4.69, 9.17) is 9.15 Å². The van der Waals surface area contributed by atoms with Crippen molar-refractivity contribution in [3.63, 3.8) is 0 Å². The molecule has 8 nitrogen and oxygen atoms in total. The van der Waals surface area contributed by atoms with Gasteiger partial charge in [0.2, 0.25) is 5.91 Å². The van der Waals surface area contributed by atoms with Gasteiger partial charge in [-0.15, -0.1) is 12.8 Å². The minimum absolute atomic E-state index is 0.333. The molecular formula is C40H60N4O4. The average molecular weight is 661 g/mol. The lowest BCUT2D eigenvalue weighted by Crippen LogP contribution is -2.34. The number of ether oxygens (including phenoxy) is 1. The number of Topliss-reactive ketones (excluding diaryl/α,β-unsaturated/α-hetero) is 1. The van der Waals surface area contributed by atoms with Crippen LogP contribution in [0.25, 0.3) is 22.2 Å². The molecular weight excluding hydrogens is 600 g/mol. The van der Waals surface area contributed by atoms with Gasteiger partial charge in [-0.1, -0.05) is 39.7 Å². The Morgan fingerprint density at radius 2 is 1.69 bits per heavy atom. The second-order valence-electron chi connectivity index (χ2n) is 13.0. The largest absolute Gasteiger partial charge is 0.496 e. The first-order valence-electron chi connectivity index (χ1n) is 17.9. The zero-order chi connectivity index (χ0) is 35.5. The van der Waals surface area contributed by atoms with E-state index in [2.05, 4.69) is 46.4 Å². The fourth-order valence-corrected chi connectivity index (χ4v) is 5.88. The van der Waals surface area contributed by atoms with Gasteiger partial charge in [-0.05, 0) is 101 Å². The van der Waals surface area contributed by atoms with E-state index in [9.17, 15) is 9.59 Å². The number of methoxy groups -OCH3 is 1. The molecule has 6 rings (SSSR count). The molecule has 8 heteroatoms. The van der Waals surface area contributed by atoms with Gasteiger partial charge in [0.05, 0.1) is 24.4 Å². The first-order chi connectivity index (χ1) is 23.2. The summed E-state index contributed by atoms with van der Waals surface area (Å²) in [5.41, 5.74) is 8.12. The number of ketones is 1. The number of likely N-dealkylation sites (tertiary alicyclic amines) is 1. The van der Waals surface area contributed by atoms with Crippen molar-refractivity contribution in [3.05, 3.63) is 42.0 Å². The van der Waals surface area contributed by atoms with E-state index >= 15 is 0 Å². The number of benzene rings is 1. The van der Waals surface area contributed by atoms with Crippen molar-refractivity contribution < 1.29 is 18.7 Å². The second kappa shape index (κ2) is 21.3. The number of aryl methyl sites for hydroxylation is 2. The number of piperidine rings is 1. The van der Waals surface area contributed by atoms with E-state index in [0.717, 1.165) is 89.9 Å². The van der Waals surface area contributed by atoms with Crippen LogP contribution in [-0.2, 0) is 16.0 Å². The van der Waals surface area contributed by atoms with E-state index in [1.165, 1.54) is 65.1 Å². The van der Waals surface area contributed by atoms with Crippen LogP contribution in [0.4, 0.5) is 0 Å². The van der Waals surface area contributed by atoms with Crippen molar-refractivity contribution >= 4 is 22.6 Å². The molecule has 2 aliphatic carbocycles. The van der Waals surface area contributed by atoms with E-state index in [0.29, 0.717) is 11.7 Å². The van der Waals surface area contributed by atoms with Gasteiger partial charge in [-0.25, -0.2) is 4.98 Å². The number of terminal acetylenes is 1. The van der Waals surface area contributed by atoms with Crippen LogP contribution in [0.15, 0.2) is 34.9 Å². The lowest BCUT2D eigenvalue weighted by Gasteiger charge is -2.30. The maximum absolute atomic E-state index is 11.8. The third kappa shape index (κ3) is 14.2. The molecule has 2 N–H and O–H groups in total. The van der Waals surface area contributed by atoms with E-state index in [1.54, 1.807) is 13.3 Å². The van der Waals surface area contributed by atoms with Crippen LogP contribution in [0, 0.1) is 31.1 Å². The van der Waals surface area contributed by atoms with Gasteiger partial charge in [0.25, 0.3) is 0 Å². The number of fused-ring (bicyclic) bond motifs is 1. The lowest BCUT2D eigenvalue weighted by molar-refractivity contribution is -0.119. The molecule has 2 saturated carbocycles. The number of hydrogen-bond donors (Lipinski definition) is 1. The fourth-order valence-electron chi connectivity index (χ4n) is 5.88. The van der Waals surface area contributed by atoms with Crippen LogP contribution in [0.3, 0.4) is 0 Å². The molecule has 2 aromatic heterocycles. The number of carbonyl (C=O) groups excluding carboxylic acids is 2. The summed E-state index contributed by atoms with van der Waals surface area (Å²) in [5.74, 6) is 3.02. The number of hydrogen-bond acceptors (Lipinski definition) is 7. The van der Waals surface area contributed by atoms with Crippen LogP contribution < -0.4 is 10.5 Å². The number of unbranched alkanes of at least 4 members (excludes halogenated alkanes) is 3. The second-order valence-corrected chi connectivity index (χ2v) is 13.0. The highest BCUT2D eigenvalue weighted by atomic mass is 16.5. The van der Waals surface area contributed by atoms with Gasteiger partial charge in [0.1, 0.15) is 11.5 Å². The van der Waals surface area contributed by atoms with E-state index < -0.39 is 0 Å². The molecule has 0 radical (unpaired) electrons. The third-order valence-electron chi connectivity index (χ3n) is 9.10. The van der Waals surface area contributed by atoms with Crippen molar-refractivity contribution in [2.24, 2.45) is 17.1 Å². The lowest BCUT2D eigenvalue weighted by atomic mass is 9.94. The van der Waals surface area contributed by atoms with Gasteiger partial charge < -0.3 is 19.8 Å². The first kappa shape index (κ1) is 40.5. The minimum Gasteiger partial charge on any atom is -0.496 e. The van der Waals surface area contributed by atoms with Crippen LogP contribution in [0.2, 0.25) is 0 Å². The topological polar surface area (TPSA) is 112 Å². The smallest absolute Gasteiger partial charge is 0.214 e. The molecule has 3 aromatic rings. The Morgan fingerprint density at radius 1 is 1.04 bits per heavy atom. The number of amides is 1. The van der Waals surface area contributed by atoms with Gasteiger partial charge in [-0.2, -0.15) is 0 Å². The van der Waals surface area contributed by atoms with Gasteiger partial charge >= 0.3 is 0 Å². The molecule has 0 bridgehead atoms. The summed E-state index contributed by atoms with van der Waals surface area (Å²) in [6.07, 6.45) is 24.9. The first-order valence-corrected chi connectivity index (χ1v) is 17.9. The number of primary amides is 1. The molecule has 1 aromatic carbocycles. The summed E-state index contributed by atoms with van der Waals surface area (Å²) >= 11 is 0. The highest BCUT2D eigenvalue weighted by Gasteiger charge is 2.43. The maximum atomic E-state index is 11.8. The molecule has 48 heavy (non-hydrogen) atoms. The molecule has 0 atom stereocenters. The zero-order valence-corrected chi connectivity index (χ0v) is 30.5. The third-order valence-corrected chi connectivity index (χ3v) is 9.10. The monoisotopic (exact) mass is 660 g/mol. The summed E-state index contributed by atoms with van der Waals surface area (Å²) in [6.45, 7) is 13.6. The summed E-state index contributed by atoms with van der Waals surface area (Å²) in [6, 6.07) is 8.06. The number of oxazole rings is 1. The van der Waals surface area contributed by atoms with E-state index in [1.807, 2.05) is 39.0 Å². The summed E-state index contributed by atoms with van der Waals surface area (Å²) in [5, 5.41) is 1.05. The molecule has 3 heterocycles. The average Bonchev–Trinajstić information content (AvgIpc) is 4.02. The summed E-state index contributed by atoms with van der Waals surface area (Å²) < 4.78 is 11.6. The molecule has 1 spiro atoms. The minimum atomic E-state index is -0.333. The van der Waals surface area contributed by atoms with Crippen molar-refractivity contribution in [1.82, 2.24) is 14.9 Å². The fraction of sp³-hybridized carbons (Fsp3) is 0.600. The van der Waals surface area contributed by atoms with Crippen LogP contribution in [0.5, 0.6) is 5.75 Å². The quantitative estimate of drug-likeness (QED) is 0.153. The zero-order valence-electron chi connectivity index (χ0n) is 30.5. The highest BCUT2D eigenvalue weighted by Crippen LogP contribution is 2.53. The highest BCUT2D eigenvalue weighted by molar-refractivity contribution is 5.87. The molecule has 1 saturated heterocycles. The summed E-state index contributed by atoms with van der Waals surface area (Å²) in [7, 11) is 1.66. The number of nitrogens with two attached hydrogens (primary N) is 1. The van der Waals surface area contributed by atoms with Gasteiger partial charge in [0.15, 0.2) is 11.7 Å². The van der Waals surface area contributed by atoms with Gasteiger partial charge in [-0.3, -0.25) is 14.6 Å². The Balaban J connectivity index is 0.000000365. The maximum Gasteiger partial charge on any atom is 0.214 e. The van der Waals surface area contributed by atoms with Crippen molar-refractivity contribution in [1.29, 1.82) is 0 Å². The molecule has 3 fully saturated rings. The number of nitrogens with zero attached hydrogens (tertiary/aromatic N) is 3. The Morgan fingerprint density at radius 3 is 2.27 bits per heavy atom. The Hall–Kier alpha value is -3.70. The molecule has 1 amide bonds. The number of aromatic nitrogens is 2. The van der Waals surface area contributed by atoms with Crippen molar-refractivity contribution in [3.8, 4) is 29.9 Å². The van der Waals surface area contributed by atoms with Gasteiger partial charge in [0, 0.05) is 43.3 Å². The SMILES string of the molecule is C#C.CC.CC(N)=O.CCN1CCC2(CC1)CC2.COc1cc2nc(C)ccc2cc1-c1cnc(CCCCCCC(=O)CC2CC2)o1. The Labute approximate surface area is 289 Å². The van der Waals surface area contributed by atoms with Crippen molar-refractivity contribution in [2.45, 2.75) is 118 Å². The molecule has 0 unspecified atom stereocenters. The summed E-state index contributed by atoms with van der Waals surface area (Å²) in [4.78, 5) is 32.6. The molecule has 3 aliphatic rings. The van der Waals surface area contributed by atoms with Crippen LogP contribution >= 0.6 is 0 Å². The Bertz CT molecular complexity index is 1410. The van der Waals surface area contributed by atoms with Crippen LogP contribution in [0.1, 0.15) is 116 Å². The van der Waals surface area contributed by atoms with Crippen LogP contribution in [-0.4, -0.2) is 53.3 Å². The predicted molar refractivity (Wildman–Crippen MR) is 197 cm³/mol. The van der Waals surface area contributed by atoms with E-state index in [-0.39, 0.29) is 5.91 Å². The Kier molecular flexibility index (Phi) is 18.0. The number of carbonyl (C=O) groups is 2. The number of pyridine rings is 1.